The third-order valence-corrected chi connectivity index (χ3v) is 2.60. The smallest absolute Gasteiger partial charge is 0.422 e. The van der Waals surface area contributed by atoms with E-state index in [2.05, 4.69) is 4.74 Å². The molecule has 0 aromatic carbocycles. The number of hydrogen-bond donors (Lipinski definition) is 4. The lowest BCUT2D eigenvalue weighted by Crippen LogP contribution is -2.48. The highest BCUT2D eigenvalue weighted by molar-refractivity contribution is 7.88. The number of rotatable bonds is 7. The molecular formula is C8H16N2O7S. The van der Waals surface area contributed by atoms with Crippen LogP contribution in [0.2, 0.25) is 0 Å². The van der Waals surface area contributed by atoms with Gasteiger partial charge in [-0.2, -0.15) is 13.1 Å². The van der Waals surface area contributed by atoms with E-state index in [0.29, 0.717) is 0 Å². The molecule has 0 aromatic heterocycles. The maximum absolute atomic E-state index is 11.3. The Kier molecular flexibility index (Phi) is 6.58. The second-order valence-electron chi connectivity index (χ2n) is 3.58. The molecule has 18 heavy (non-hydrogen) atoms. The summed E-state index contributed by atoms with van der Waals surface area (Å²) < 4.78 is 30.4. The first-order valence-corrected chi connectivity index (χ1v) is 6.50. The van der Waals surface area contributed by atoms with Crippen LogP contribution in [0, 0.1) is 0 Å². The van der Waals surface area contributed by atoms with Crippen LogP contribution in [0.4, 0.5) is 4.79 Å². The van der Waals surface area contributed by atoms with Crippen LogP contribution in [0.1, 0.15) is 20.3 Å². The first-order chi connectivity index (χ1) is 8.18. The quantitative estimate of drug-likeness (QED) is 0.459. The van der Waals surface area contributed by atoms with E-state index in [9.17, 15) is 18.0 Å². The molecule has 0 radical (unpaired) electrons. The Labute approximate surface area is 104 Å². The van der Waals surface area contributed by atoms with E-state index in [0.717, 1.165) is 0 Å². The lowest BCUT2D eigenvalue weighted by Gasteiger charge is -2.14. The number of aliphatic hydroxyl groups is 1. The van der Waals surface area contributed by atoms with Gasteiger partial charge in [-0.3, -0.25) is 4.79 Å². The lowest BCUT2D eigenvalue weighted by molar-refractivity contribution is -0.139. The molecule has 0 aromatic rings. The second kappa shape index (κ2) is 7.13. The van der Waals surface area contributed by atoms with Crippen molar-refractivity contribution in [3.05, 3.63) is 0 Å². The Morgan fingerprint density at radius 1 is 1.33 bits per heavy atom. The van der Waals surface area contributed by atoms with Crippen molar-refractivity contribution in [2.75, 3.05) is 6.61 Å². The van der Waals surface area contributed by atoms with Gasteiger partial charge in [0.15, 0.2) is 0 Å². The van der Waals surface area contributed by atoms with E-state index in [-0.39, 0.29) is 6.42 Å². The minimum absolute atomic E-state index is 0.324. The van der Waals surface area contributed by atoms with Crippen molar-refractivity contribution in [2.45, 2.75) is 32.4 Å². The molecule has 0 saturated heterocycles. The number of carboxylic acids is 1. The molecule has 0 unspecified atom stereocenters. The summed E-state index contributed by atoms with van der Waals surface area (Å²) in [5, 5.41) is 17.2. The van der Waals surface area contributed by atoms with Crippen molar-refractivity contribution in [3.8, 4) is 0 Å². The number of aliphatic hydroxyl groups excluding tert-OH is 1. The van der Waals surface area contributed by atoms with E-state index in [4.69, 9.17) is 10.2 Å². The summed E-state index contributed by atoms with van der Waals surface area (Å²) in [5.74, 6) is -1.47. The van der Waals surface area contributed by atoms with Crippen LogP contribution in [0.5, 0.6) is 0 Å². The van der Waals surface area contributed by atoms with Crippen molar-refractivity contribution in [2.24, 2.45) is 0 Å². The van der Waals surface area contributed by atoms with Crippen LogP contribution in [0.15, 0.2) is 0 Å². The van der Waals surface area contributed by atoms with Gasteiger partial charge in [-0.15, -0.1) is 0 Å². The van der Waals surface area contributed by atoms with Crippen LogP contribution < -0.4 is 9.44 Å². The normalized spacial score (nSPS) is 13.1. The molecule has 0 heterocycles. The number of ether oxygens (including phenoxy) is 1. The number of carboxylic acid groups (broad SMARTS) is 1. The summed E-state index contributed by atoms with van der Waals surface area (Å²) in [5.41, 5.74) is 0. The molecule has 0 spiro atoms. The summed E-state index contributed by atoms with van der Waals surface area (Å²) in [4.78, 5) is 21.7. The van der Waals surface area contributed by atoms with Gasteiger partial charge in [-0.05, 0) is 20.3 Å². The van der Waals surface area contributed by atoms with Crippen molar-refractivity contribution in [1.82, 2.24) is 9.44 Å². The fraction of sp³-hybridized carbons (Fsp3) is 0.750. The molecule has 10 heteroatoms. The third-order valence-electron chi connectivity index (χ3n) is 1.57. The summed E-state index contributed by atoms with van der Waals surface area (Å²) in [6.07, 6.45) is -2.06. The predicted molar refractivity (Wildman–Crippen MR) is 59.9 cm³/mol. The first kappa shape index (κ1) is 16.6. The Morgan fingerprint density at radius 2 is 1.89 bits per heavy atom. The van der Waals surface area contributed by atoms with Gasteiger partial charge >= 0.3 is 22.3 Å². The van der Waals surface area contributed by atoms with E-state index in [1.807, 2.05) is 0 Å². The van der Waals surface area contributed by atoms with Crippen LogP contribution in [-0.2, 0) is 19.7 Å². The Balaban J connectivity index is 4.54. The Bertz CT molecular complexity index is 392. The number of amides is 1. The maximum Gasteiger partial charge on any atom is 0.422 e. The zero-order valence-corrected chi connectivity index (χ0v) is 10.7. The van der Waals surface area contributed by atoms with E-state index >= 15 is 0 Å². The maximum atomic E-state index is 11.3. The average Bonchev–Trinajstić information content (AvgIpc) is 2.13. The van der Waals surface area contributed by atoms with Gasteiger partial charge in [-0.25, -0.2) is 9.52 Å². The van der Waals surface area contributed by atoms with Gasteiger partial charge in [0.05, 0.1) is 6.10 Å². The fourth-order valence-corrected chi connectivity index (χ4v) is 1.85. The van der Waals surface area contributed by atoms with Gasteiger partial charge in [0, 0.05) is 6.61 Å². The number of aliphatic carboxylic acids is 1. The molecule has 1 amide bonds. The standard InChI is InChI=1S/C8H16N2O7S/c1-5(2)17-8(14)10-18(15,16)9-6(3-4-11)7(12)13/h5-6,9,11H,3-4H2,1-2H3,(H,10,14)(H,12,13)/t6-/m1/s1. The van der Waals surface area contributed by atoms with Crippen LogP contribution >= 0.6 is 0 Å². The average molecular weight is 284 g/mol. The monoisotopic (exact) mass is 284 g/mol. The Hall–Kier alpha value is -1.39. The van der Waals surface area contributed by atoms with Gasteiger partial charge in [0.1, 0.15) is 6.04 Å². The number of nitrogens with one attached hydrogen (secondary N) is 2. The van der Waals surface area contributed by atoms with Crippen molar-refractivity contribution >= 4 is 22.3 Å². The zero-order valence-electron chi connectivity index (χ0n) is 9.91. The van der Waals surface area contributed by atoms with Crippen LogP contribution in [-0.4, -0.2) is 49.4 Å². The number of hydrogen-bond acceptors (Lipinski definition) is 6. The highest BCUT2D eigenvalue weighted by Crippen LogP contribution is 1.95. The third kappa shape index (κ3) is 7.04. The minimum atomic E-state index is -4.36. The highest BCUT2D eigenvalue weighted by atomic mass is 32.2. The molecule has 9 nitrogen and oxygen atoms in total. The molecule has 0 aliphatic heterocycles. The van der Waals surface area contributed by atoms with Gasteiger partial charge in [0.2, 0.25) is 0 Å². The lowest BCUT2D eigenvalue weighted by atomic mass is 10.2. The van der Waals surface area contributed by atoms with Crippen molar-refractivity contribution in [1.29, 1.82) is 0 Å². The highest BCUT2D eigenvalue weighted by Gasteiger charge is 2.25. The summed E-state index contributed by atoms with van der Waals surface area (Å²) in [6, 6.07) is -1.53. The summed E-state index contributed by atoms with van der Waals surface area (Å²) in [7, 11) is -4.36. The molecule has 4 N–H and O–H groups in total. The SMILES string of the molecule is CC(C)OC(=O)NS(=O)(=O)N[C@H](CCO)C(=O)O. The van der Waals surface area contributed by atoms with Gasteiger partial charge in [0.25, 0.3) is 0 Å². The topological polar surface area (TPSA) is 142 Å². The van der Waals surface area contributed by atoms with E-state index in [1.165, 1.54) is 18.6 Å². The van der Waals surface area contributed by atoms with Crippen LogP contribution in [0.3, 0.4) is 0 Å². The largest absolute Gasteiger partial charge is 0.480 e. The van der Waals surface area contributed by atoms with Crippen LogP contribution in [0.25, 0.3) is 0 Å². The molecule has 0 aliphatic rings. The van der Waals surface area contributed by atoms with E-state index in [1.54, 1.807) is 4.72 Å². The molecule has 0 rings (SSSR count). The second-order valence-corrected chi connectivity index (χ2v) is 5.03. The number of carbonyl (C=O) groups is 2. The van der Waals surface area contributed by atoms with E-state index < -0.39 is 41.0 Å². The molecule has 0 aliphatic carbocycles. The molecule has 1 atom stereocenters. The van der Waals surface area contributed by atoms with Crippen molar-refractivity contribution < 1.29 is 33.0 Å². The zero-order chi connectivity index (χ0) is 14.3. The molecule has 0 fully saturated rings. The minimum Gasteiger partial charge on any atom is -0.480 e. The van der Waals surface area contributed by atoms with Crippen molar-refractivity contribution in [3.63, 3.8) is 0 Å². The predicted octanol–water partition coefficient (Wildman–Crippen LogP) is -1.21. The summed E-state index contributed by atoms with van der Waals surface area (Å²) >= 11 is 0. The molecule has 0 saturated carbocycles. The number of carbonyl (C=O) groups excluding carboxylic acids is 1. The Morgan fingerprint density at radius 3 is 2.28 bits per heavy atom. The summed E-state index contributed by atoms with van der Waals surface area (Å²) in [6.45, 7) is 2.52. The first-order valence-electron chi connectivity index (χ1n) is 5.02. The van der Waals surface area contributed by atoms with Gasteiger partial charge < -0.3 is 14.9 Å². The molecule has 0 bridgehead atoms. The fourth-order valence-electron chi connectivity index (χ4n) is 0.926. The molecular weight excluding hydrogens is 268 g/mol. The molecule has 106 valence electrons. The van der Waals surface area contributed by atoms with Gasteiger partial charge in [-0.1, -0.05) is 0 Å².